The minimum atomic E-state index is -0.186. The van der Waals surface area contributed by atoms with Gasteiger partial charge in [0.15, 0.2) is 0 Å². The maximum absolute atomic E-state index is 12.2. The minimum absolute atomic E-state index is 0.186. The van der Waals surface area contributed by atoms with E-state index in [0.717, 1.165) is 14.3 Å². The molecule has 0 fully saturated rings. The minimum Gasteiger partial charge on any atom is -0.321 e. The first-order chi connectivity index (χ1) is 9.60. The SMILES string of the molecule is CCSc1ccc(NC(=O)c2cc(Cl)ccc2I)cn1. The van der Waals surface area contributed by atoms with Gasteiger partial charge in [-0.25, -0.2) is 4.98 Å². The molecule has 1 amide bonds. The second-order valence-electron chi connectivity index (χ2n) is 3.90. The molecule has 1 heterocycles. The summed E-state index contributed by atoms with van der Waals surface area (Å²) in [6, 6.07) is 8.98. The molecule has 20 heavy (non-hydrogen) atoms. The van der Waals surface area contributed by atoms with Crippen molar-refractivity contribution in [2.45, 2.75) is 11.9 Å². The van der Waals surface area contributed by atoms with Crippen LogP contribution in [0, 0.1) is 3.57 Å². The van der Waals surface area contributed by atoms with Crippen molar-refractivity contribution in [2.24, 2.45) is 0 Å². The molecule has 6 heteroatoms. The molecule has 2 rings (SSSR count). The van der Waals surface area contributed by atoms with E-state index in [1.807, 2.05) is 18.2 Å². The van der Waals surface area contributed by atoms with E-state index in [1.54, 1.807) is 30.1 Å². The highest BCUT2D eigenvalue weighted by Gasteiger charge is 2.11. The number of halogens is 2. The lowest BCUT2D eigenvalue weighted by Crippen LogP contribution is -2.13. The van der Waals surface area contributed by atoms with Gasteiger partial charge < -0.3 is 5.32 Å². The van der Waals surface area contributed by atoms with Crippen LogP contribution in [0.15, 0.2) is 41.6 Å². The summed E-state index contributed by atoms with van der Waals surface area (Å²) in [7, 11) is 0. The van der Waals surface area contributed by atoms with E-state index in [0.29, 0.717) is 16.3 Å². The average Bonchev–Trinajstić information content (AvgIpc) is 2.44. The van der Waals surface area contributed by atoms with Crippen LogP contribution in [0.3, 0.4) is 0 Å². The highest BCUT2D eigenvalue weighted by Crippen LogP contribution is 2.20. The number of pyridine rings is 1. The summed E-state index contributed by atoms with van der Waals surface area (Å²) in [5, 5.41) is 4.31. The van der Waals surface area contributed by atoms with Crippen molar-refractivity contribution in [1.82, 2.24) is 4.98 Å². The van der Waals surface area contributed by atoms with Crippen LogP contribution in [0.4, 0.5) is 5.69 Å². The third-order valence-corrected chi connectivity index (χ3v) is 4.46. The fraction of sp³-hybridized carbons (Fsp3) is 0.143. The Kier molecular flexibility index (Phi) is 5.68. The fourth-order valence-electron chi connectivity index (χ4n) is 1.56. The van der Waals surface area contributed by atoms with Crippen LogP contribution in [-0.2, 0) is 0 Å². The third kappa shape index (κ3) is 4.10. The summed E-state index contributed by atoms with van der Waals surface area (Å²) in [6.07, 6.45) is 1.66. The molecule has 0 atom stereocenters. The van der Waals surface area contributed by atoms with Crippen molar-refractivity contribution < 1.29 is 4.79 Å². The zero-order chi connectivity index (χ0) is 14.5. The topological polar surface area (TPSA) is 42.0 Å². The highest BCUT2D eigenvalue weighted by atomic mass is 127. The van der Waals surface area contributed by atoms with Gasteiger partial charge in [0.2, 0.25) is 0 Å². The Morgan fingerprint density at radius 1 is 1.40 bits per heavy atom. The molecule has 0 bridgehead atoms. The van der Waals surface area contributed by atoms with Crippen LogP contribution in [-0.4, -0.2) is 16.6 Å². The fourth-order valence-corrected chi connectivity index (χ4v) is 2.90. The van der Waals surface area contributed by atoms with Crippen LogP contribution in [0.25, 0.3) is 0 Å². The molecule has 2 aromatic rings. The van der Waals surface area contributed by atoms with Gasteiger partial charge in [0, 0.05) is 8.59 Å². The van der Waals surface area contributed by atoms with Gasteiger partial charge in [-0.3, -0.25) is 4.79 Å². The Balaban J connectivity index is 2.13. The summed E-state index contributed by atoms with van der Waals surface area (Å²) in [5.74, 6) is 0.786. The Bertz CT molecular complexity index is 619. The van der Waals surface area contributed by atoms with E-state index in [2.05, 4.69) is 39.8 Å². The van der Waals surface area contributed by atoms with E-state index in [-0.39, 0.29) is 5.91 Å². The Labute approximate surface area is 140 Å². The Morgan fingerprint density at radius 3 is 2.85 bits per heavy atom. The molecule has 0 aliphatic heterocycles. The second kappa shape index (κ2) is 7.28. The number of thioether (sulfide) groups is 1. The summed E-state index contributed by atoms with van der Waals surface area (Å²) < 4.78 is 0.857. The van der Waals surface area contributed by atoms with Gasteiger partial charge in [-0.1, -0.05) is 18.5 Å². The van der Waals surface area contributed by atoms with Gasteiger partial charge in [0.1, 0.15) is 0 Å². The second-order valence-corrected chi connectivity index (χ2v) is 6.78. The summed E-state index contributed by atoms with van der Waals surface area (Å²) in [5.41, 5.74) is 1.23. The number of nitrogens with one attached hydrogen (secondary N) is 1. The van der Waals surface area contributed by atoms with Crippen molar-refractivity contribution >= 4 is 57.5 Å². The van der Waals surface area contributed by atoms with Gasteiger partial charge in [-0.2, -0.15) is 0 Å². The molecule has 1 aromatic heterocycles. The first kappa shape index (κ1) is 15.6. The largest absolute Gasteiger partial charge is 0.321 e. The number of rotatable bonds is 4. The molecule has 1 aromatic carbocycles. The van der Waals surface area contributed by atoms with Crippen molar-refractivity contribution in [1.29, 1.82) is 0 Å². The average molecular weight is 419 g/mol. The molecule has 0 unspecified atom stereocenters. The van der Waals surface area contributed by atoms with Crippen LogP contribution in [0.1, 0.15) is 17.3 Å². The lowest BCUT2D eigenvalue weighted by Gasteiger charge is -2.07. The van der Waals surface area contributed by atoms with E-state index in [4.69, 9.17) is 11.6 Å². The van der Waals surface area contributed by atoms with Crippen LogP contribution >= 0.6 is 46.0 Å². The van der Waals surface area contributed by atoms with Gasteiger partial charge >= 0.3 is 0 Å². The first-order valence-electron chi connectivity index (χ1n) is 5.95. The Morgan fingerprint density at radius 2 is 2.20 bits per heavy atom. The molecular weight excluding hydrogens is 407 g/mol. The predicted molar refractivity (Wildman–Crippen MR) is 92.8 cm³/mol. The van der Waals surface area contributed by atoms with Crippen molar-refractivity contribution in [3.05, 3.63) is 50.7 Å². The highest BCUT2D eigenvalue weighted by molar-refractivity contribution is 14.1. The molecule has 0 aliphatic rings. The summed E-state index contributed by atoms with van der Waals surface area (Å²) in [4.78, 5) is 16.5. The summed E-state index contributed by atoms with van der Waals surface area (Å²) in [6.45, 7) is 2.07. The van der Waals surface area contributed by atoms with Crippen molar-refractivity contribution in [3.8, 4) is 0 Å². The number of carbonyl (C=O) groups excluding carboxylic acids is 1. The molecule has 1 N–H and O–H groups in total. The van der Waals surface area contributed by atoms with E-state index in [1.165, 1.54) is 0 Å². The number of aromatic nitrogens is 1. The van der Waals surface area contributed by atoms with Crippen molar-refractivity contribution in [3.63, 3.8) is 0 Å². The molecule has 0 spiro atoms. The zero-order valence-electron chi connectivity index (χ0n) is 10.7. The lowest BCUT2D eigenvalue weighted by atomic mass is 10.2. The third-order valence-electron chi connectivity index (χ3n) is 2.46. The standard InChI is InChI=1S/C14H12ClIN2OS/c1-2-20-13-6-4-10(8-17-13)18-14(19)11-7-9(15)3-5-12(11)16/h3-8H,2H2,1H3,(H,18,19). The predicted octanol–water partition coefficient (Wildman–Crippen LogP) is 4.70. The van der Waals surface area contributed by atoms with Crippen molar-refractivity contribution in [2.75, 3.05) is 11.1 Å². The molecule has 0 radical (unpaired) electrons. The van der Waals surface area contributed by atoms with Crippen LogP contribution < -0.4 is 5.32 Å². The molecule has 0 saturated carbocycles. The maximum Gasteiger partial charge on any atom is 0.256 e. The van der Waals surface area contributed by atoms with Crippen LogP contribution in [0.2, 0.25) is 5.02 Å². The Hall–Kier alpha value is -0.790. The molecule has 0 aliphatic carbocycles. The molecule has 3 nitrogen and oxygen atoms in total. The van der Waals surface area contributed by atoms with Gasteiger partial charge in [-0.05, 0) is 58.7 Å². The summed E-state index contributed by atoms with van der Waals surface area (Å²) >= 11 is 9.70. The number of amides is 1. The van der Waals surface area contributed by atoms with Gasteiger partial charge in [-0.15, -0.1) is 11.8 Å². The number of nitrogens with zero attached hydrogens (tertiary/aromatic N) is 1. The van der Waals surface area contributed by atoms with E-state index >= 15 is 0 Å². The van der Waals surface area contributed by atoms with Gasteiger partial charge in [0.25, 0.3) is 5.91 Å². The quantitative estimate of drug-likeness (QED) is 0.578. The lowest BCUT2D eigenvalue weighted by molar-refractivity contribution is 0.102. The number of carbonyl (C=O) groups is 1. The number of hydrogen-bond donors (Lipinski definition) is 1. The normalized spacial score (nSPS) is 10.3. The molecule has 104 valence electrons. The zero-order valence-corrected chi connectivity index (χ0v) is 14.4. The number of benzene rings is 1. The van der Waals surface area contributed by atoms with Crippen LogP contribution in [0.5, 0.6) is 0 Å². The van der Waals surface area contributed by atoms with E-state index < -0.39 is 0 Å². The number of hydrogen-bond acceptors (Lipinski definition) is 3. The van der Waals surface area contributed by atoms with E-state index in [9.17, 15) is 4.79 Å². The first-order valence-corrected chi connectivity index (χ1v) is 8.39. The van der Waals surface area contributed by atoms with Gasteiger partial charge in [0.05, 0.1) is 22.5 Å². The monoisotopic (exact) mass is 418 g/mol. The molecule has 0 saturated heterocycles. The smallest absolute Gasteiger partial charge is 0.256 e. The number of anilines is 1. The molecular formula is C14H12ClIN2OS. The maximum atomic E-state index is 12.2.